The number of aromatic nitrogens is 1. The number of para-hydroxylation sites is 1. The highest BCUT2D eigenvalue weighted by atomic mass is 19.4. The number of hydrogen-bond donors (Lipinski definition) is 3. The highest BCUT2D eigenvalue weighted by molar-refractivity contribution is 5.99. The van der Waals surface area contributed by atoms with Gasteiger partial charge in [0, 0.05) is 44.1 Å². The summed E-state index contributed by atoms with van der Waals surface area (Å²) in [6.45, 7) is 11.5. The molecule has 1 saturated carbocycles. The van der Waals surface area contributed by atoms with E-state index in [0.717, 1.165) is 61.7 Å². The Bertz CT molecular complexity index is 1320. The van der Waals surface area contributed by atoms with E-state index in [-0.39, 0.29) is 12.3 Å². The molecule has 0 unspecified atom stereocenters. The summed E-state index contributed by atoms with van der Waals surface area (Å²) in [6.07, 6.45) is 7.12. The minimum absolute atomic E-state index is 0.190. The fraction of sp³-hybridized carbons (Fsp3) is 0.559. The second-order valence-electron chi connectivity index (χ2n) is 12.0. The summed E-state index contributed by atoms with van der Waals surface area (Å²) in [5.74, 6) is 2.71. The van der Waals surface area contributed by atoms with Crippen molar-refractivity contribution in [3.05, 3.63) is 75.9 Å². The van der Waals surface area contributed by atoms with E-state index in [4.69, 9.17) is 4.99 Å². The van der Waals surface area contributed by atoms with E-state index in [1.165, 1.54) is 48.6 Å². The van der Waals surface area contributed by atoms with Crippen LogP contribution in [0.15, 0.2) is 58.5 Å². The zero-order chi connectivity index (χ0) is 31.0. The number of nitrogens with zero attached hydrogens (tertiary/aromatic N) is 2. The van der Waals surface area contributed by atoms with Gasteiger partial charge in [-0.25, -0.2) is 0 Å². The number of halogens is 3. The Labute approximate surface area is 254 Å². The standard InChI is InChI=1S/C34H48F3N5O/c1-6-27-17-12-23(3)32(41-33(27)40-21-28-10-8-9-11-31(28)43-34(35,36)37)39-19-26-15-13-25(14-16-26)18-38-20-29-22-42(5)30(7-2)24(29)4/h8-12,22,25-26,38,40H,6-7,13-21H2,1-5H3,(H,39,41). The molecule has 3 N–H and O–H groups in total. The number of rotatable bonds is 12. The zero-order valence-electron chi connectivity index (χ0n) is 26.3. The van der Waals surface area contributed by atoms with Gasteiger partial charge < -0.3 is 25.3 Å². The number of aliphatic imine (C=N–C) groups is 1. The number of alkyl halides is 3. The van der Waals surface area contributed by atoms with E-state index in [9.17, 15) is 13.2 Å². The van der Waals surface area contributed by atoms with Crippen LogP contribution in [0.2, 0.25) is 0 Å². The van der Waals surface area contributed by atoms with Gasteiger partial charge >= 0.3 is 6.36 Å². The van der Waals surface area contributed by atoms with E-state index in [1.807, 2.05) is 0 Å². The van der Waals surface area contributed by atoms with E-state index in [1.54, 1.807) is 18.2 Å². The van der Waals surface area contributed by atoms with Gasteiger partial charge in [-0.1, -0.05) is 38.1 Å². The van der Waals surface area contributed by atoms with E-state index >= 15 is 0 Å². The van der Waals surface area contributed by atoms with Crippen LogP contribution in [0.25, 0.3) is 0 Å². The largest absolute Gasteiger partial charge is 0.573 e. The third-order valence-electron chi connectivity index (χ3n) is 8.95. The van der Waals surface area contributed by atoms with Crippen molar-refractivity contribution in [2.75, 3.05) is 13.1 Å². The second kappa shape index (κ2) is 15.0. The molecule has 9 heteroatoms. The Hall–Kier alpha value is -3.20. The summed E-state index contributed by atoms with van der Waals surface area (Å²) in [5, 5.41) is 10.5. The fourth-order valence-corrected chi connectivity index (χ4v) is 6.29. The molecule has 4 rings (SSSR count). The van der Waals surface area contributed by atoms with Gasteiger partial charge in [-0.05, 0) is 106 Å². The summed E-state index contributed by atoms with van der Waals surface area (Å²) in [7, 11) is 2.13. The number of allylic oxidation sites excluding steroid dienone is 2. The molecule has 2 aliphatic rings. The van der Waals surface area contributed by atoms with Crippen molar-refractivity contribution in [3.63, 3.8) is 0 Å². The first-order chi connectivity index (χ1) is 20.6. The SMILES string of the molecule is CCC1=C(NCc2ccccc2OC(F)(F)F)NC(=NCC2CCC(CNCc3cn(C)c(CC)c3C)CC2)C(C)=CC1. The molecule has 0 amide bonds. The monoisotopic (exact) mass is 599 g/mol. The number of amidine groups is 1. The number of aryl methyl sites for hydroxylation is 1. The predicted octanol–water partition coefficient (Wildman–Crippen LogP) is 7.44. The lowest BCUT2D eigenvalue weighted by molar-refractivity contribution is -0.274. The average Bonchev–Trinajstić information content (AvgIpc) is 3.15. The van der Waals surface area contributed by atoms with Gasteiger partial charge in [0.05, 0.1) is 0 Å². The molecule has 236 valence electrons. The lowest BCUT2D eigenvalue weighted by Crippen LogP contribution is -2.33. The molecule has 2 aromatic rings. The fourth-order valence-electron chi connectivity index (χ4n) is 6.29. The van der Waals surface area contributed by atoms with Gasteiger partial charge in [0.2, 0.25) is 0 Å². The molecule has 43 heavy (non-hydrogen) atoms. The molecule has 0 atom stereocenters. The maximum Gasteiger partial charge on any atom is 0.573 e. The Morgan fingerprint density at radius 3 is 2.40 bits per heavy atom. The molecule has 1 aromatic heterocycles. The highest BCUT2D eigenvalue weighted by Gasteiger charge is 2.32. The lowest BCUT2D eigenvalue weighted by Gasteiger charge is -2.28. The number of benzene rings is 1. The van der Waals surface area contributed by atoms with Crippen molar-refractivity contribution in [3.8, 4) is 5.75 Å². The molecule has 1 fully saturated rings. The first-order valence-electron chi connectivity index (χ1n) is 15.7. The Balaban J connectivity index is 1.29. The van der Waals surface area contributed by atoms with Crippen molar-refractivity contribution in [2.45, 2.75) is 92.1 Å². The maximum absolute atomic E-state index is 12.9. The number of ether oxygens (including phenoxy) is 1. The van der Waals surface area contributed by atoms with Gasteiger partial charge in [-0.3, -0.25) is 4.99 Å². The minimum atomic E-state index is -4.73. The van der Waals surface area contributed by atoms with Crippen LogP contribution in [-0.4, -0.2) is 29.9 Å². The second-order valence-corrected chi connectivity index (χ2v) is 12.0. The van der Waals surface area contributed by atoms with Crippen LogP contribution in [0.3, 0.4) is 0 Å². The Kier molecular flexibility index (Phi) is 11.4. The third-order valence-corrected chi connectivity index (χ3v) is 8.95. The van der Waals surface area contributed by atoms with Crippen LogP contribution in [0.1, 0.15) is 81.7 Å². The molecule has 0 spiro atoms. The van der Waals surface area contributed by atoms with Crippen LogP contribution in [0.5, 0.6) is 5.75 Å². The van der Waals surface area contributed by atoms with Crippen LogP contribution < -0.4 is 20.7 Å². The molecule has 0 radical (unpaired) electrons. The van der Waals surface area contributed by atoms with E-state index in [2.05, 4.69) is 72.3 Å². The van der Waals surface area contributed by atoms with Gasteiger partial charge in [-0.15, -0.1) is 13.2 Å². The van der Waals surface area contributed by atoms with Crippen LogP contribution in [0.4, 0.5) is 13.2 Å². The lowest BCUT2D eigenvalue weighted by atomic mass is 9.82. The van der Waals surface area contributed by atoms with Crippen molar-refractivity contribution in [1.29, 1.82) is 0 Å². The van der Waals surface area contributed by atoms with Crippen LogP contribution in [-0.2, 0) is 26.6 Å². The molecule has 0 saturated heterocycles. The Morgan fingerprint density at radius 2 is 1.72 bits per heavy atom. The Morgan fingerprint density at radius 1 is 1.00 bits per heavy atom. The summed E-state index contributed by atoms with van der Waals surface area (Å²) in [4.78, 5) is 5.01. The number of nitrogens with one attached hydrogen (secondary N) is 3. The molecule has 1 aliphatic carbocycles. The quantitative estimate of drug-likeness (QED) is 0.237. The normalized spacial score (nSPS) is 20.6. The minimum Gasteiger partial charge on any atom is -0.405 e. The molecular weight excluding hydrogens is 551 g/mol. The van der Waals surface area contributed by atoms with Gasteiger partial charge in [0.1, 0.15) is 17.4 Å². The molecular formula is C34H48F3N5O. The molecule has 1 aliphatic heterocycles. The number of hydrogen-bond acceptors (Lipinski definition) is 4. The summed E-state index contributed by atoms with van der Waals surface area (Å²) in [6, 6.07) is 6.24. The van der Waals surface area contributed by atoms with Gasteiger partial charge in [0.25, 0.3) is 0 Å². The predicted molar refractivity (Wildman–Crippen MR) is 168 cm³/mol. The van der Waals surface area contributed by atoms with Gasteiger partial charge in [-0.2, -0.15) is 0 Å². The molecule has 1 aromatic carbocycles. The van der Waals surface area contributed by atoms with E-state index < -0.39 is 6.36 Å². The topological polar surface area (TPSA) is 62.6 Å². The van der Waals surface area contributed by atoms with Crippen molar-refractivity contribution in [1.82, 2.24) is 20.5 Å². The van der Waals surface area contributed by atoms with Gasteiger partial charge in [0.15, 0.2) is 0 Å². The molecule has 6 nitrogen and oxygen atoms in total. The van der Waals surface area contributed by atoms with Crippen LogP contribution in [0, 0.1) is 18.8 Å². The summed E-state index contributed by atoms with van der Waals surface area (Å²) in [5.41, 5.74) is 6.91. The van der Waals surface area contributed by atoms with E-state index in [0.29, 0.717) is 17.4 Å². The van der Waals surface area contributed by atoms with Crippen molar-refractivity contribution < 1.29 is 17.9 Å². The highest BCUT2D eigenvalue weighted by Crippen LogP contribution is 2.30. The maximum atomic E-state index is 12.9. The molecule has 0 bridgehead atoms. The van der Waals surface area contributed by atoms with Crippen LogP contribution >= 0.6 is 0 Å². The average molecular weight is 600 g/mol. The molecule has 2 heterocycles. The smallest absolute Gasteiger partial charge is 0.405 e. The zero-order valence-corrected chi connectivity index (χ0v) is 26.3. The first-order valence-corrected chi connectivity index (χ1v) is 15.7. The van der Waals surface area contributed by atoms with Crippen molar-refractivity contribution >= 4 is 5.84 Å². The third kappa shape index (κ3) is 9.15. The summed E-state index contributed by atoms with van der Waals surface area (Å²) >= 11 is 0. The van der Waals surface area contributed by atoms with Crippen molar-refractivity contribution in [2.24, 2.45) is 23.9 Å². The first kappa shape index (κ1) is 32.7. The summed E-state index contributed by atoms with van der Waals surface area (Å²) < 4.78 is 45.2.